The van der Waals surface area contributed by atoms with Crippen LogP contribution in [0.25, 0.3) is 0 Å². The average Bonchev–Trinajstić information content (AvgIpc) is 3.05. The number of fused-ring (bicyclic) bond motifs is 2. The first-order valence-electron chi connectivity index (χ1n) is 8.52. The Morgan fingerprint density at radius 2 is 1.95 bits per heavy atom. The summed E-state index contributed by atoms with van der Waals surface area (Å²) in [6.07, 6.45) is 6.62. The molecule has 4 nitrogen and oxygen atoms in total. The van der Waals surface area contributed by atoms with Gasteiger partial charge in [0.15, 0.2) is 0 Å². The van der Waals surface area contributed by atoms with E-state index in [0.717, 1.165) is 30.3 Å². The van der Waals surface area contributed by atoms with Crippen LogP contribution in [-0.2, 0) is 0 Å². The van der Waals surface area contributed by atoms with Crippen molar-refractivity contribution in [2.45, 2.75) is 45.1 Å². The molecule has 3 aliphatic rings. The van der Waals surface area contributed by atoms with Crippen molar-refractivity contribution in [2.75, 3.05) is 18.0 Å². The Bertz CT molecular complexity index is 619. The lowest BCUT2D eigenvalue weighted by atomic mass is 9.83. The van der Waals surface area contributed by atoms with Gasteiger partial charge in [-0.15, -0.1) is 0 Å². The highest BCUT2D eigenvalue weighted by atomic mass is 16.2. The van der Waals surface area contributed by atoms with Gasteiger partial charge in [0.05, 0.1) is 17.8 Å². The smallest absolute Gasteiger partial charge is 0.262 e. The molecule has 4 rings (SSSR count). The minimum Gasteiger partial charge on any atom is -0.308 e. The molecule has 0 bridgehead atoms. The lowest BCUT2D eigenvalue weighted by Gasteiger charge is -2.43. The molecule has 1 aromatic rings. The topological polar surface area (TPSA) is 35.9 Å². The highest BCUT2D eigenvalue weighted by molar-refractivity contribution is 6.19. The molecule has 4 heteroatoms. The molecular weight excluding hydrogens is 274 g/mol. The second-order valence-corrected chi connectivity index (χ2v) is 6.66. The minimum atomic E-state index is 0.110. The molecule has 1 aromatic carbocycles. The van der Waals surface area contributed by atoms with Gasteiger partial charge in [-0.25, -0.2) is 0 Å². The fourth-order valence-electron chi connectivity index (χ4n) is 4.18. The normalized spacial score (nSPS) is 23.1. The Balaban J connectivity index is 1.75. The Hall–Kier alpha value is -1.84. The van der Waals surface area contributed by atoms with Gasteiger partial charge in [-0.1, -0.05) is 31.4 Å². The lowest BCUT2D eigenvalue weighted by Crippen LogP contribution is -2.55. The van der Waals surface area contributed by atoms with Crippen LogP contribution in [0.4, 0.5) is 5.69 Å². The number of hydrogen-bond donors (Lipinski definition) is 0. The molecule has 2 aliphatic heterocycles. The van der Waals surface area contributed by atoms with Crippen LogP contribution < -0.4 is 4.90 Å². The van der Waals surface area contributed by atoms with Gasteiger partial charge < -0.3 is 4.90 Å². The van der Waals surface area contributed by atoms with E-state index in [0.29, 0.717) is 12.0 Å². The van der Waals surface area contributed by atoms with Crippen molar-refractivity contribution >= 4 is 17.6 Å². The standard InChI is InChI=1S/C18H23N3O/c1-13(14-7-3-2-4-8-14)21-16-10-6-5-9-15(16)17(22)20-12-11-19-18(20)21/h5-6,9-10,13-14H,2-4,7-8,11-12H2,1H3. The molecule has 0 spiro atoms. The zero-order chi connectivity index (χ0) is 15.1. The monoisotopic (exact) mass is 297 g/mol. The van der Waals surface area contributed by atoms with E-state index in [4.69, 9.17) is 0 Å². The molecule has 1 amide bonds. The van der Waals surface area contributed by atoms with Gasteiger partial charge in [0.1, 0.15) is 0 Å². The van der Waals surface area contributed by atoms with Gasteiger partial charge in [0.2, 0.25) is 5.96 Å². The molecule has 1 unspecified atom stereocenters. The van der Waals surface area contributed by atoms with E-state index < -0.39 is 0 Å². The van der Waals surface area contributed by atoms with Crippen LogP contribution >= 0.6 is 0 Å². The van der Waals surface area contributed by atoms with Crippen LogP contribution in [0.5, 0.6) is 0 Å². The summed E-state index contributed by atoms with van der Waals surface area (Å²) < 4.78 is 0. The molecule has 0 N–H and O–H groups in total. The number of guanidine groups is 1. The summed E-state index contributed by atoms with van der Waals surface area (Å²) in [5.41, 5.74) is 1.87. The molecular formula is C18H23N3O. The summed E-state index contributed by atoms with van der Waals surface area (Å²) in [6.45, 7) is 3.75. The third-order valence-corrected chi connectivity index (χ3v) is 5.41. The molecule has 1 aliphatic carbocycles. The molecule has 0 saturated heterocycles. The van der Waals surface area contributed by atoms with Gasteiger partial charge in [0.25, 0.3) is 5.91 Å². The Morgan fingerprint density at radius 1 is 1.18 bits per heavy atom. The zero-order valence-corrected chi connectivity index (χ0v) is 13.2. The van der Waals surface area contributed by atoms with Gasteiger partial charge in [-0.3, -0.25) is 14.7 Å². The number of carbonyl (C=O) groups excluding carboxylic acids is 1. The molecule has 0 aromatic heterocycles. The maximum absolute atomic E-state index is 12.7. The van der Waals surface area contributed by atoms with E-state index in [1.165, 1.54) is 32.1 Å². The van der Waals surface area contributed by atoms with Crippen LogP contribution in [-0.4, -0.2) is 35.9 Å². The van der Waals surface area contributed by atoms with Gasteiger partial charge in [-0.2, -0.15) is 0 Å². The number of para-hydroxylation sites is 1. The Labute approximate surface area is 131 Å². The Morgan fingerprint density at radius 3 is 2.77 bits per heavy atom. The number of amides is 1. The van der Waals surface area contributed by atoms with Gasteiger partial charge in [-0.05, 0) is 37.8 Å². The first-order valence-corrected chi connectivity index (χ1v) is 8.52. The van der Waals surface area contributed by atoms with E-state index in [9.17, 15) is 4.79 Å². The quantitative estimate of drug-likeness (QED) is 0.840. The minimum absolute atomic E-state index is 0.110. The predicted molar refractivity (Wildman–Crippen MR) is 88.3 cm³/mol. The fourth-order valence-corrected chi connectivity index (χ4v) is 4.18. The van der Waals surface area contributed by atoms with E-state index in [1.54, 1.807) is 0 Å². The van der Waals surface area contributed by atoms with E-state index in [2.05, 4.69) is 22.9 Å². The third kappa shape index (κ3) is 2.04. The fraction of sp³-hybridized carbons (Fsp3) is 0.556. The first kappa shape index (κ1) is 13.8. The molecule has 1 saturated carbocycles. The van der Waals surface area contributed by atoms with E-state index in [-0.39, 0.29) is 5.91 Å². The molecule has 1 atom stereocenters. The predicted octanol–water partition coefficient (Wildman–Crippen LogP) is 3.29. The Kier molecular flexibility index (Phi) is 3.40. The molecule has 0 radical (unpaired) electrons. The van der Waals surface area contributed by atoms with Crippen molar-refractivity contribution in [3.63, 3.8) is 0 Å². The number of benzene rings is 1. The summed E-state index contributed by atoms with van der Waals surface area (Å²) in [6, 6.07) is 8.41. The largest absolute Gasteiger partial charge is 0.308 e. The van der Waals surface area contributed by atoms with Crippen molar-refractivity contribution < 1.29 is 4.79 Å². The van der Waals surface area contributed by atoms with Crippen molar-refractivity contribution in [1.82, 2.24) is 4.90 Å². The average molecular weight is 297 g/mol. The highest BCUT2D eigenvalue weighted by Gasteiger charge is 2.40. The lowest BCUT2D eigenvalue weighted by molar-refractivity contribution is 0.0849. The van der Waals surface area contributed by atoms with Gasteiger partial charge in [0, 0.05) is 12.6 Å². The number of anilines is 1. The summed E-state index contributed by atoms with van der Waals surface area (Å²) in [5, 5.41) is 0. The molecule has 1 fully saturated rings. The SMILES string of the molecule is CC(C1CCCCC1)N1C2=NCCN2C(=O)c2ccccc21. The summed E-state index contributed by atoms with van der Waals surface area (Å²) >= 11 is 0. The van der Waals surface area contributed by atoms with Crippen LogP contribution in [0, 0.1) is 5.92 Å². The van der Waals surface area contributed by atoms with E-state index in [1.807, 2.05) is 23.1 Å². The van der Waals surface area contributed by atoms with Crippen LogP contribution in [0.15, 0.2) is 29.3 Å². The number of carbonyl (C=O) groups is 1. The first-order chi connectivity index (χ1) is 10.8. The van der Waals surface area contributed by atoms with Crippen molar-refractivity contribution in [1.29, 1.82) is 0 Å². The van der Waals surface area contributed by atoms with E-state index >= 15 is 0 Å². The summed E-state index contributed by atoms with van der Waals surface area (Å²) in [7, 11) is 0. The van der Waals surface area contributed by atoms with Gasteiger partial charge >= 0.3 is 0 Å². The number of hydrogen-bond acceptors (Lipinski definition) is 3. The zero-order valence-electron chi connectivity index (χ0n) is 13.2. The van der Waals surface area contributed by atoms with Crippen molar-refractivity contribution in [3.8, 4) is 0 Å². The molecule has 116 valence electrons. The van der Waals surface area contributed by atoms with Crippen LogP contribution in [0.3, 0.4) is 0 Å². The number of rotatable bonds is 2. The maximum Gasteiger partial charge on any atom is 0.262 e. The number of aliphatic imine (C=N–C) groups is 1. The summed E-state index contributed by atoms with van der Waals surface area (Å²) in [5.74, 6) is 1.68. The highest BCUT2D eigenvalue weighted by Crippen LogP contribution is 2.36. The summed E-state index contributed by atoms with van der Waals surface area (Å²) in [4.78, 5) is 21.5. The molecule has 2 heterocycles. The number of nitrogens with zero attached hydrogens (tertiary/aromatic N) is 3. The third-order valence-electron chi connectivity index (χ3n) is 5.41. The second kappa shape index (κ2) is 5.41. The second-order valence-electron chi connectivity index (χ2n) is 6.66. The van der Waals surface area contributed by atoms with Crippen molar-refractivity contribution in [3.05, 3.63) is 29.8 Å². The molecule has 22 heavy (non-hydrogen) atoms. The van der Waals surface area contributed by atoms with Crippen molar-refractivity contribution in [2.24, 2.45) is 10.9 Å². The maximum atomic E-state index is 12.7. The van der Waals surface area contributed by atoms with Crippen LogP contribution in [0.1, 0.15) is 49.4 Å². The van der Waals surface area contributed by atoms with Crippen LogP contribution in [0.2, 0.25) is 0 Å².